The summed E-state index contributed by atoms with van der Waals surface area (Å²) in [6.45, 7) is 6.35. The summed E-state index contributed by atoms with van der Waals surface area (Å²) >= 11 is 3.18. The third kappa shape index (κ3) is 6.01. The van der Waals surface area contributed by atoms with E-state index in [1.807, 2.05) is 66.9 Å². The van der Waals surface area contributed by atoms with Crippen LogP contribution in [0.25, 0.3) is 21.0 Å². The molecule has 1 heterocycles. The predicted octanol–water partition coefficient (Wildman–Crippen LogP) is 6.71. The molecule has 168 valence electrons. The summed E-state index contributed by atoms with van der Waals surface area (Å²) in [5.74, 6) is -0.133. The number of hydrogen-bond donors (Lipinski definition) is 3. The van der Waals surface area contributed by atoms with Crippen LogP contribution >= 0.6 is 23.3 Å². The summed E-state index contributed by atoms with van der Waals surface area (Å²) < 4.78 is 3.48. The molecule has 0 unspecified atom stereocenters. The van der Waals surface area contributed by atoms with Gasteiger partial charge < -0.3 is 11.1 Å². The van der Waals surface area contributed by atoms with Gasteiger partial charge in [0.25, 0.3) is 5.91 Å². The first-order chi connectivity index (χ1) is 15.8. The molecule has 0 saturated heterocycles. The molecule has 4 aromatic rings. The fourth-order valence-corrected chi connectivity index (χ4v) is 4.96. The second-order valence-electron chi connectivity index (χ2n) is 8.64. The third-order valence-corrected chi connectivity index (χ3v) is 7.02. The normalized spacial score (nSPS) is 11.4. The van der Waals surface area contributed by atoms with Crippen molar-refractivity contribution in [1.29, 1.82) is 0 Å². The first kappa shape index (κ1) is 23.0. The molecule has 0 radical (unpaired) electrons. The Kier molecular flexibility index (Phi) is 6.83. The summed E-state index contributed by atoms with van der Waals surface area (Å²) in [6.07, 6.45) is 1.90. The van der Waals surface area contributed by atoms with Crippen molar-refractivity contribution in [1.82, 2.24) is 9.71 Å². The summed E-state index contributed by atoms with van der Waals surface area (Å²) in [4.78, 5) is 19.3. The molecule has 3 aromatic carbocycles. The topological polar surface area (TPSA) is 80.0 Å². The van der Waals surface area contributed by atoms with Crippen molar-refractivity contribution in [3.63, 3.8) is 0 Å². The van der Waals surface area contributed by atoms with E-state index in [2.05, 4.69) is 35.8 Å². The fourth-order valence-electron chi connectivity index (χ4n) is 3.05. The van der Waals surface area contributed by atoms with Crippen molar-refractivity contribution in [2.75, 3.05) is 11.1 Å². The first-order valence-electron chi connectivity index (χ1n) is 10.5. The molecule has 0 bridgehead atoms. The molecule has 5 nitrogen and oxygen atoms in total. The fraction of sp³-hybridized carbons (Fsp3) is 0.154. The van der Waals surface area contributed by atoms with Crippen molar-refractivity contribution >= 4 is 40.6 Å². The highest BCUT2D eigenvalue weighted by Gasteiger charge is 2.16. The van der Waals surface area contributed by atoms with E-state index >= 15 is 0 Å². The Morgan fingerprint density at radius 1 is 1.00 bits per heavy atom. The van der Waals surface area contributed by atoms with Crippen molar-refractivity contribution in [2.45, 2.75) is 31.2 Å². The Hall–Kier alpha value is -3.13. The van der Waals surface area contributed by atoms with E-state index < -0.39 is 0 Å². The van der Waals surface area contributed by atoms with Crippen LogP contribution < -0.4 is 15.8 Å². The highest BCUT2D eigenvalue weighted by Crippen LogP contribution is 2.38. The van der Waals surface area contributed by atoms with Crippen LogP contribution in [0.3, 0.4) is 0 Å². The number of carbonyl (C=O) groups is 1. The lowest BCUT2D eigenvalue weighted by Crippen LogP contribution is -2.29. The Labute approximate surface area is 202 Å². The number of nitrogen functional groups attached to an aromatic ring is 1. The van der Waals surface area contributed by atoms with Crippen LogP contribution in [0.15, 0.2) is 83.9 Å². The summed E-state index contributed by atoms with van der Waals surface area (Å²) in [5, 5.41) is 3.94. The maximum atomic E-state index is 12.6. The Morgan fingerprint density at radius 3 is 2.42 bits per heavy atom. The van der Waals surface area contributed by atoms with E-state index in [0.717, 1.165) is 37.3 Å². The molecule has 1 amide bonds. The number of amides is 1. The van der Waals surface area contributed by atoms with Gasteiger partial charge in [0.05, 0.1) is 4.88 Å². The van der Waals surface area contributed by atoms with Crippen LogP contribution in [0.4, 0.5) is 11.4 Å². The van der Waals surface area contributed by atoms with Crippen LogP contribution in [0.5, 0.6) is 0 Å². The lowest BCUT2D eigenvalue weighted by Gasteiger charge is -2.21. The van der Waals surface area contributed by atoms with E-state index in [-0.39, 0.29) is 11.4 Å². The zero-order valence-electron chi connectivity index (χ0n) is 18.8. The van der Waals surface area contributed by atoms with Gasteiger partial charge in [-0.2, -0.15) is 0 Å². The third-order valence-electron chi connectivity index (χ3n) is 4.67. The Bertz CT molecular complexity index is 1250. The average molecular weight is 475 g/mol. The summed E-state index contributed by atoms with van der Waals surface area (Å²) in [7, 11) is 0. The van der Waals surface area contributed by atoms with Gasteiger partial charge in [-0.15, -0.1) is 11.3 Å². The molecule has 0 atom stereocenters. The van der Waals surface area contributed by atoms with Crippen LogP contribution in [-0.2, 0) is 0 Å². The SMILES string of the molecule is CC(C)(C)NSc1cc(NC(=O)c2ccccc2)ccc1-c1cnc(-c2ccc(N)cc2)s1. The maximum absolute atomic E-state index is 12.6. The van der Waals surface area contributed by atoms with Gasteiger partial charge in [-0.25, -0.2) is 4.98 Å². The molecule has 7 heteroatoms. The largest absolute Gasteiger partial charge is 0.399 e. The van der Waals surface area contributed by atoms with Gasteiger partial charge in [0, 0.05) is 44.7 Å². The van der Waals surface area contributed by atoms with E-state index in [0.29, 0.717) is 5.56 Å². The highest BCUT2D eigenvalue weighted by atomic mass is 32.2. The Balaban J connectivity index is 1.64. The van der Waals surface area contributed by atoms with E-state index in [1.54, 1.807) is 35.4 Å². The summed E-state index contributed by atoms with van der Waals surface area (Å²) in [5.41, 5.74) is 9.94. The zero-order valence-corrected chi connectivity index (χ0v) is 20.4. The van der Waals surface area contributed by atoms with Gasteiger partial charge in [-0.05, 0) is 81.3 Å². The van der Waals surface area contributed by atoms with Crippen LogP contribution in [0.2, 0.25) is 0 Å². The molecule has 4 N–H and O–H groups in total. The molecule has 0 saturated carbocycles. The van der Waals surface area contributed by atoms with Gasteiger partial charge in [0.2, 0.25) is 0 Å². The minimum atomic E-state index is -0.133. The van der Waals surface area contributed by atoms with Crippen molar-refractivity contribution < 1.29 is 4.79 Å². The second kappa shape index (κ2) is 9.79. The van der Waals surface area contributed by atoms with Gasteiger partial charge >= 0.3 is 0 Å². The number of carbonyl (C=O) groups excluding carboxylic acids is 1. The minimum Gasteiger partial charge on any atom is -0.399 e. The number of nitrogens with zero attached hydrogens (tertiary/aromatic N) is 1. The van der Waals surface area contributed by atoms with Crippen molar-refractivity contribution in [3.8, 4) is 21.0 Å². The molecule has 0 spiro atoms. The van der Waals surface area contributed by atoms with Gasteiger partial charge in [0.15, 0.2) is 0 Å². The molecule has 4 rings (SSSR count). The molecule has 0 fully saturated rings. The molecule has 0 aliphatic heterocycles. The molecular weight excluding hydrogens is 448 g/mol. The van der Waals surface area contributed by atoms with Crippen LogP contribution in [0.1, 0.15) is 31.1 Å². The van der Waals surface area contributed by atoms with Crippen LogP contribution in [-0.4, -0.2) is 16.4 Å². The minimum absolute atomic E-state index is 0.0753. The van der Waals surface area contributed by atoms with E-state index in [9.17, 15) is 4.79 Å². The predicted molar refractivity (Wildman–Crippen MR) is 141 cm³/mol. The second-order valence-corrected chi connectivity index (χ2v) is 10.5. The van der Waals surface area contributed by atoms with Crippen molar-refractivity contribution in [2.24, 2.45) is 0 Å². The molecule has 33 heavy (non-hydrogen) atoms. The standard InChI is InChI=1S/C26H26N4OS2/c1-26(2,3)30-33-22-15-20(29-24(31)17-7-5-4-6-8-17)13-14-21(22)23-16-28-25(32-23)18-9-11-19(27)12-10-18/h4-16,30H,27H2,1-3H3,(H,29,31). The molecule has 1 aromatic heterocycles. The lowest BCUT2D eigenvalue weighted by molar-refractivity contribution is 0.102. The van der Waals surface area contributed by atoms with Crippen molar-refractivity contribution in [3.05, 3.63) is 84.6 Å². The number of rotatable bonds is 6. The van der Waals surface area contributed by atoms with E-state index in [1.165, 1.54) is 0 Å². The highest BCUT2D eigenvalue weighted by molar-refractivity contribution is 7.97. The quantitative estimate of drug-likeness (QED) is 0.214. The number of thiazole rings is 1. The smallest absolute Gasteiger partial charge is 0.255 e. The zero-order chi connectivity index (χ0) is 23.4. The Morgan fingerprint density at radius 2 is 1.73 bits per heavy atom. The molecule has 0 aliphatic carbocycles. The van der Waals surface area contributed by atoms with Gasteiger partial charge in [-0.3, -0.25) is 9.52 Å². The number of nitrogens with two attached hydrogens (primary N) is 1. The number of aromatic nitrogens is 1. The number of benzene rings is 3. The van der Waals surface area contributed by atoms with Gasteiger partial charge in [0.1, 0.15) is 5.01 Å². The maximum Gasteiger partial charge on any atom is 0.255 e. The number of hydrogen-bond acceptors (Lipinski definition) is 6. The average Bonchev–Trinajstić information content (AvgIpc) is 3.28. The first-order valence-corrected chi connectivity index (χ1v) is 12.2. The monoisotopic (exact) mass is 474 g/mol. The molecular formula is C26H26N4OS2. The lowest BCUT2D eigenvalue weighted by atomic mass is 10.1. The van der Waals surface area contributed by atoms with Gasteiger partial charge in [-0.1, -0.05) is 24.3 Å². The molecule has 0 aliphatic rings. The van der Waals surface area contributed by atoms with Crippen LogP contribution in [0, 0.1) is 0 Å². The summed E-state index contributed by atoms with van der Waals surface area (Å²) in [6, 6.07) is 22.9. The number of nitrogens with one attached hydrogen (secondary N) is 2. The van der Waals surface area contributed by atoms with E-state index in [4.69, 9.17) is 5.73 Å². The number of anilines is 2.